The van der Waals surface area contributed by atoms with Crippen LogP contribution in [0.5, 0.6) is 0 Å². The zero-order valence-electron chi connectivity index (χ0n) is 9.87. The van der Waals surface area contributed by atoms with E-state index in [-0.39, 0.29) is 5.75 Å². The van der Waals surface area contributed by atoms with Crippen molar-refractivity contribution in [2.24, 2.45) is 0 Å². The molecule has 0 aliphatic heterocycles. The van der Waals surface area contributed by atoms with Crippen molar-refractivity contribution >= 4 is 17.7 Å². The van der Waals surface area contributed by atoms with Crippen molar-refractivity contribution in [2.75, 3.05) is 5.75 Å². The Balaban J connectivity index is 2.00. The van der Waals surface area contributed by atoms with Gasteiger partial charge in [-0.2, -0.15) is 0 Å². The molecule has 2 nitrogen and oxygen atoms in total. The molecule has 0 spiro atoms. The Hall–Kier alpha value is -1.74. The van der Waals surface area contributed by atoms with Crippen LogP contribution in [0.4, 0.5) is 0 Å². The van der Waals surface area contributed by atoms with Crippen molar-refractivity contribution in [1.82, 2.24) is 0 Å². The predicted molar refractivity (Wildman–Crippen MR) is 75.7 cm³/mol. The van der Waals surface area contributed by atoms with Crippen LogP contribution in [0.25, 0.3) is 11.1 Å². The average molecular weight is 258 g/mol. The fraction of sp³-hybridized carbons (Fsp3) is 0.133. The molecule has 0 heterocycles. The number of rotatable bonds is 5. The van der Waals surface area contributed by atoms with Gasteiger partial charge in [0.2, 0.25) is 0 Å². The van der Waals surface area contributed by atoms with E-state index in [1.165, 1.54) is 22.9 Å². The quantitative estimate of drug-likeness (QED) is 0.889. The SMILES string of the molecule is O=C(O)CSCc1ccc(-c2ccccc2)cc1. The maximum Gasteiger partial charge on any atom is 0.313 e. The molecule has 92 valence electrons. The monoisotopic (exact) mass is 258 g/mol. The molecule has 2 aromatic carbocycles. The standard InChI is InChI=1S/C15H14O2S/c16-15(17)11-18-10-12-6-8-14(9-7-12)13-4-2-1-3-5-13/h1-9H,10-11H2,(H,16,17). The molecule has 0 bridgehead atoms. The van der Waals surface area contributed by atoms with E-state index in [0.29, 0.717) is 0 Å². The smallest absolute Gasteiger partial charge is 0.313 e. The highest BCUT2D eigenvalue weighted by Crippen LogP contribution is 2.20. The summed E-state index contributed by atoms with van der Waals surface area (Å²) in [6.45, 7) is 0. The topological polar surface area (TPSA) is 37.3 Å². The van der Waals surface area contributed by atoms with Crippen LogP contribution < -0.4 is 0 Å². The minimum absolute atomic E-state index is 0.153. The Morgan fingerprint density at radius 3 is 2.17 bits per heavy atom. The summed E-state index contributed by atoms with van der Waals surface area (Å²) in [5.41, 5.74) is 3.53. The molecule has 0 radical (unpaired) electrons. The molecule has 2 aromatic rings. The molecule has 0 saturated heterocycles. The third kappa shape index (κ3) is 3.64. The fourth-order valence-electron chi connectivity index (χ4n) is 1.68. The number of hydrogen-bond donors (Lipinski definition) is 1. The highest BCUT2D eigenvalue weighted by molar-refractivity contribution is 7.99. The molecule has 0 aromatic heterocycles. The second kappa shape index (κ2) is 6.26. The van der Waals surface area contributed by atoms with Crippen LogP contribution in [0, 0.1) is 0 Å². The van der Waals surface area contributed by atoms with E-state index in [9.17, 15) is 4.79 Å². The molecule has 0 aliphatic carbocycles. The summed E-state index contributed by atoms with van der Waals surface area (Å²) in [5, 5.41) is 8.56. The molecule has 0 atom stereocenters. The average Bonchev–Trinajstić information content (AvgIpc) is 2.40. The van der Waals surface area contributed by atoms with Crippen LogP contribution >= 0.6 is 11.8 Å². The normalized spacial score (nSPS) is 10.2. The number of hydrogen-bond acceptors (Lipinski definition) is 2. The lowest BCUT2D eigenvalue weighted by molar-refractivity contribution is -0.133. The maximum atomic E-state index is 10.4. The maximum absolute atomic E-state index is 10.4. The molecular weight excluding hydrogens is 244 g/mol. The van der Waals surface area contributed by atoms with Gasteiger partial charge < -0.3 is 5.11 Å². The Bertz CT molecular complexity index is 506. The summed E-state index contributed by atoms with van der Waals surface area (Å²) in [5.74, 6) is 0.128. The Morgan fingerprint density at radius 2 is 1.56 bits per heavy atom. The van der Waals surface area contributed by atoms with Crippen molar-refractivity contribution in [3.8, 4) is 11.1 Å². The van der Waals surface area contributed by atoms with Crippen LogP contribution in [0.1, 0.15) is 5.56 Å². The first-order chi connectivity index (χ1) is 8.75. The molecule has 0 unspecified atom stereocenters. The Kier molecular flexibility index (Phi) is 4.42. The van der Waals surface area contributed by atoms with E-state index in [0.717, 1.165) is 11.3 Å². The molecule has 2 rings (SSSR count). The van der Waals surface area contributed by atoms with Gasteiger partial charge in [0, 0.05) is 5.75 Å². The van der Waals surface area contributed by atoms with Crippen molar-refractivity contribution < 1.29 is 9.90 Å². The minimum Gasteiger partial charge on any atom is -0.481 e. The van der Waals surface area contributed by atoms with Crippen molar-refractivity contribution in [3.05, 3.63) is 60.2 Å². The molecule has 0 saturated carbocycles. The summed E-state index contributed by atoms with van der Waals surface area (Å²) in [4.78, 5) is 10.4. The number of thioether (sulfide) groups is 1. The summed E-state index contributed by atoms with van der Waals surface area (Å²) in [7, 11) is 0. The van der Waals surface area contributed by atoms with Gasteiger partial charge in [-0.3, -0.25) is 4.79 Å². The van der Waals surface area contributed by atoms with Gasteiger partial charge in [0.1, 0.15) is 0 Å². The van der Waals surface area contributed by atoms with Gasteiger partial charge in [-0.1, -0.05) is 54.6 Å². The lowest BCUT2D eigenvalue weighted by Gasteiger charge is -2.04. The summed E-state index contributed by atoms with van der Waals surface area (Å²) < 4.78 is 0. The van der Waals surface area contributed by atoms with E-state index in [4.69, 9.17) is 5.11 Å². The third-order valence-corrected chi connectivity index (χ3v) is 3.54. The second-order valence-electron chi connectivity index (χ2n) is 3.95. The van der Waals surface area contributed by atoms with Gasteiger partial charge in [-0.15, -0.1) is 11.8 Å². The van der Waals surface area contributed by atoms with Crippen LogP contribution in [0.15, 0.2) is 54.6 Å². The van der Waals surface area contributed by atoms with Gasteiger partial charge in [0.15, 0.2) is 0 Å². The number of carbonyl (C=O) groups is 1. The van der Waals surface area contributed by atoms with Crippen LogP contribution in [0.3, 0.4) is 0 Å². The van der Waals surface area contributed by atoms with Gasteiger partial charge in [0.25, 0.3) is 0 Å². The summed E-state index contributed by atoms with van der Waals surface area (Å²) in [6, 6.07) is 18.5. The van der Waals surface area contributed by atoms with E-state index < -0.39 is 5.97 Å². The van der Waals surface area contributed by atoms with Gasteiger partial charge in [-0.25, -0.2) is 0 Å². The van der Waals surface area contributed by atoms with Crippen molar-refractivity contribution in [1.29, 1.82) is 0 Å². The van der Waals surface area contributed by atoms with Crippen LogP contribution in [0.2, 0.25) is 0 Å². The van der Waals surface area contributed by atoms with Crippen molar-refractivity contribution in [3.63, 3.8) is 0 Å². The fourth-order valence-corrected chi connectivity index (χ4v) is 2.39. The third-order valence-electron chi connectivity index (χ3n) is 2.56. The lowest BCUT2D eigenvalue weighted by Crippen LogP contribution is -1.98. The largest absolute Gasteiger partial charge is 0.481 e. The van der Waals surface area contributed by atoms with E-state index in [1.807, 2.05) is 18.2 Å². The Labute approximate surface area is 111 Å². The highest BCUT2D eigenvalue weighted by atomic mass is 32.2. The number of carboxylic acid groups (broad SMARTS) is 1. The first kappa shape index (κ1) is 12.7. The summed E-state index contributed by atoms with van der Waals surface area (Å²) in [6.07, 6.45) is 0. The molecular formula is C15H14O2S. The zero-order chi connectivity index (χ0) is 12.8. The first-order valence-electron chi connectivity index (χ1n) is 5.69. The number of benzene rings is 2. The van der Waals surface area contributed by atoms with E-state index in [2.05, 4.69) is 36.4 Å². The number of aliphatic carboxylic acids is 1. The highest BCUT2D eigenvalue weighted by Gasteiger charge is 2.00. The second-order valence-corrected chi connectivity index (χ2v) is 4.94. The molecule has 18 heavy (non-hydrogen) atoms. The Morgan fingerprint density at radius 1 is 0.944 bits per heavy atom. The van der Waals surface area contributed by atoms with Gasteiger partial charge in [0.05, 0.1) is 5.75 Å². The number of carboxylic acids is 1. The molecule has 0 fully saturated rings. The van der Waals surface area contributed by atoms with Gasteiger partial charge >= 0.3 is 5.97 Å². The first-order valence-corrected chi connectivity index (χ1v) is 6.85. The van der Waals surface area contributed by atoms with Gasteiger partial charge in [-0.05, 0) is 16.7 Å². The van der Waals surface area contributed by atoms with Crippen LogP contribution in [-0.4, -0.2) is 16.8 Å². The summed E-state index contributed by atoms with van der Waals surface area (Å²) >= 11 is 1.42. The predicted octanol–water partition coefficient (Wildman–Crippen LogP) is 3.67. The lowest BCUT2D eigenvalue weighted by atomic mass is 10.0. The minimum atomic E-state index is -0.763. The zero-order valence-corrected chi connectivity index (χ0v) is 10.7. The molecule has 0 aliphatic rings. The van der Waals surface area contributed by atoms with Crippen molar-refractivity contribution in [2.45, 2.75) is 5.75 Å². The van der Waals surface area contributed by atoms with E-state index in [1.54, 1.807) is 0 Å². The van der Waals surface area contributed by atoms with Crippen LogP contribution in [-0.2, 0) is 10.5 Å². The molecule has 0 amide bonds. The molecule has 3 heteroatoms. The van der Waals surface area contributed by atoms with E-state index >= 15 is 0 Å². The molecule has 1 N–H and O–H groups in total.